The molecule has 3 nitrogen and oxygen atoms in total. The van der Waals surface area contributed by atoms with Gasteiger partial charge in [0.05, 0.1) is 10.7 Å². The maximum absolute atomic E-state index is 13.8. The van der Waals surface area contributed by atoms with Gasteiger partial charge in [-0.25, -0.2) is 4.39 Å². The Balaban J connectivity index is 2.13. The highest BCUT2D eigenvalue weighted by Crippen LogP contribution is 2.22. The average Bonchev–Trinajstić information content (AvgIpc) is 2.62. The molecule has 0 amide bonds. The van der Waals surface area contributed by atoms with Gasteiger partial charge < -0.3 is 5.73 Å². The molecule has 0 aliphatic heterocycles. The van der Waals surface area contributed by atoms with Gasteiger partial charge in [-0.05, 0) is 31.4 Å². The van der Waals surface area contributed by atoms with E-state index in [1.165, 1.54) is 6.07 Å². The zero-order valence-electron chi connectivity index (χ0n) is 11.3. The van der Waals surface area contributed by atoms with E-state index in [1.54, 1.807) is 23.9 Å². The number of rotatable bonds is 4. The largest absolute Gasteiger partial charge is 0.327 e. The van der Waals surface area contributed by atoms with Crippen molar-refractivity contribution in [2.75, 3.05) is 0 Å². The van der Waals surface area contributed by atoms with Crippen LogP contribution in [0.2, 0.25) is 10.2 Å². The summed E-state index contributed by atoms with van der Waals surface area (Å²) in [5, 5.41) is 4.93. The Morgan fingerprint density at radius 1 is 1.35 bits per heavy atom. The first-order chi connectivity index (χ1) is 9.40. The first-order valence-corrected chi connectivity index (χ1v) is 7.02. The molecular formula is C14H16Cl2FN3. The number of nitrogens with zero attached hydrogens (tertiary/aromatic N) is 2. The van der Waals surface area contributed by atoms with Crippen molar-refractivity contribution in [2.45, 2.75) is 25.8 Å². The molecule has 20 heavy (non-hydrogen) atoms. The molecule has 0 spiro atoms. The molecule has 2 aromatic rings. The molecule has 0 saturated heterocycles. The summed E-state index contributed by atoms with van der Waals surface area (Å²) in [6.45, 7) is 1.88. The Morgan fingerprint density at radius 3 is 2.65 bits per heavy atom. The fraction of sp³-hybridized carbons (Fsp3) is 0.357. The molecule has 0 aliphatic carbocycles. The number of aryl methyl sites for hydroxylation is 2. The van der Waals surface area contributed by atoms with E-state index >= 15 is 0 Å². The predicted molar refractivity (Wildman–Crippen MR) is 79.7 cm³/mol. The van der Waals surface area contributed by atoms with E-state index in [4.69, 9.17) is 28.9 Å². The van der Waals surface area contributed by atoms with E-state index in [0.29, 0.717) is 23.6 Å². The van der Waals surface area contributed by atoms with Crippen molar-refractivity contribution in [2.24, 2.45) is 12.8 Å². The number of halogens is 3. The lowest BCUT2D eigenvalue weighted by atomic mass is 10.00. The van der Waals surface area contributed by atoms with E-state index in [-0.39, 0.29) is 11.1 Å². The molecule has 0 saturated carbocycles. The molecule has 1 heterocycles. The van der Waals surface area contributed by atoms with Gasteiger partial charge in [0.15, 0.2) is 0 Å². The van der Waals surface area contributed by atoms with Crippen LogP contribution in [0.4, 0.5) is 4.39 Å². The Morgan fingerprint density at radius 2 is 2.05 bits per heavy atom. The molecule has 1 unspecified atom stereocenters. The van der Waals surface area contributed by atoms with Crippen LogP contribution >= 0.6 is 23.2 Å². The van der Waals surface area contributed by atoms with Crippen LogP contribution in [0.1, 0.15) is 16.8 Å². The molecule has 0 bridgehead atoms. The van der Waals surface area contributed by atoms with Crippen molar-refractivity contribution in [3.8, 4) is 0 Å². The van der Waals surface area contributed by atoms with E-state index < -0.39 is 5.82 Å². The summed E-state index contributed by atoms with van der Waals surface area (Å²) in [5.41, 5.74) is 8.37. The molecule has 0 aliphatic rings. The van der Waals surface area contributed by atoms with Crippen molar-refractivity contribution in [1.82, 2.24) is 9.78 Å². The zero-order chi connectivity index (χ0) is 14.9. The van der Waals surface area contributed by atoms with E-state index in [0.717, 1.165) is 11.3 Å². The van der Waals surface area contributed by atoms with Crippen LogP contribution in [-0.2, 0) is 19.9 Å². The first-order valence-electron chi connectivity index (χ1n) is 6.26. The topological polar surface area (TPSA) is 43.8 Å². The second-order valence-electron chi connectivity index (χ2n) is 4.86. The normalized spacial score (nSPS) is 12.7. The van der Waals surface area contributed by atoms with Gasteiger partial charge in [-0.15, -0.1) is 0 Å². The summed E-state index contributed by atoms with van der Waals surface area (Å²) in [6.07, 6.45) is 0.946. The van der Waals surface area contributed by atoms with Gasteiger partial charge in [0.25, 0.3) is 0 Å². The highest BCUT2D eigenvalue weighted by molar-refractivity contribution is 6.31. The third kappa shape index (κ3) is 3.14. The minimum Gasteiger partial charge on any atom is -0.327 e. The minimum atomic E-state index is -0.404. The zero-order valence-corrected chi connectivity index (χ0v) is 12.8. The van der Waals surface area contributed by atoms with Gasteiger partial charge in [0.2, 0.25) is 0 Å². The number of aromatic nitrogens is 2. The van der Waals surface area contributed by atoms with Crippen LogP contribution in [0.15, 0.2) is 18.2 Å². The third-order valence-electron chi connectivity index (χ3n) is 3.25. The summed E-state index contributed by atoms with van der Waals surface area (Å²) in [4.78, 5) is 0. The van der Waals surface area contributed by atoms with Gasteiger partial charge in [-0.3, -0.25) is 4.68 Å². The van der Waals surface area contributed by atoms with Crippen LogP contribution in [0.5, 0.6) is 0 Å². The molecule has 1 aromatic carbocycles. The lowest BCUT2D eigenvalue weighted by molar-refractivity contribution is 0.584. The molecule has 6 heteroatoms. The number of hydrogen-bond donors (Lipinski definition) is 1. The van der Waals surface area contributed by atoms with Gasteiger partial charge in [0.1, 0.15) is 11.0 Å². The predicted octanol–water partition coefficient (Wildman–Crippen LogP) is 3.29. The smallest absolute Gasteiger partial charge is 0.145 e. The molecular weight excluding hydrogens is 300 g/mol. The number of nitrogens with two attached hydrogens (primary N) is 1. The first kappa shape index (κ1) is 15.3. The van der Waals surface area contributed by atoms with Gasteiger partial charge in [-0.1, -0.05) is 35.3 Å². The summed E-state index contributed by atoms with van der Waals surface area (Å²) in [5.74, 6) is -0.404. The van der Waals surface area contributed by atoms with Gasteiger partial charge in [0, 0.05) is 18.7 Å². The van der Waals surface area contributed by atoms with Gasteiger partial charge in [-0.2, -0.15) is 5.10 Å². The Kier molecular flexibility index (Phi) is 4.68. The molecule has 0 fully saturated rings. The van der Waals surface area contributed by atoms with Crippen molar-refractivity contribution in [3.63, 3.8) is 0 Å². The summed E-state index contributed by atoms with van der Waals surface area (Å²) in [7, 11) is 1.78. The maximum atomic E-state index is 13.8. The lowest BCUT2D eigenvalue weighted by Gasteiger charge is -2.12. The van der Waals surface area contributed by atoms with Crippen LogP contribution in [0.25, 0.3) is 0 Å². The summed E-state index contributed by atoms with van der Waals surface area (Å²) in [6, 6.07) is 4.69. The van der Waals surface area contributed by atoms with E-state index in [1.807, 2.05) is 6.92 Å². The molecule has 2 N–H and O–H groups in total. The fourth-order valence-electron chi connectivity index (χ4n) is 2.23. The fourth-order valence-corrected chi connectivity index (χ4v) is 2.67. The van der Waals surface area contributed by atoms with Crippen LogP contribution in [0, 0.1) is 12.7 Å². The number of hydrogen-bond acceptors (Lipinski definition) is 2. The SMILES string of the molecule is Cc1nn(C)c(Cl)c1CC(N)Cc1cccc(Cl)c1F. The molecule has 1 atom stereocenters. The molecule has 0 radical (unpaired) electrons. The standard InChI is InChI=1S/C14H16Cl2FN3/c1-8-11(14(16)20(2)19-8)7-10(18)6-9-4-3-5-12(15)13(9)17/h3-5,10H,6-7,18H2,1-2H3. The van der Waals surface area contributed by atoms with Crippen molar-refractivity contribution < 1.29 is 4.39 Å². The monoisotopic (exact) mass is 315 g/mol. The Labute approximate surface area is 127 Å². The van der Waals surface area contributed by atoms with Crippen LogP contribution in [-0.4, -0.2) is 15.8 Å². The quantitative estimate of drug-likeness (QED) is 0.941. The minimum absolute atomic E-state index is 0.116. The summed E-state index contributed by atoms with van der Waals surface area (Å²) >= 11 is 11.9. The third-order valence-corrected chi connectivity index (χ3v) is 4.01. The second kappa shape index (κ2) is 6.12. The van der Waals surface area contributed by atoms with Crippen LogP contribution in [0.3, 0.4) is 0 Å². The lowest BCUT2D eigenvalue weighted by Crippen LogP contribution is -2.26. The van der Waals surface area contributed by atoms with Gasteiger partial charge >= 0.3 is 0 Å². The van der Waals surface area contributed by atoms with E-state index in [2.05, 4.69) is 5.10 Å². The maximum Gasteiger partial charge on any atom is 0.145 e. The van der Waals surface area contributed by atoms with E-state index in [9.17, 15) is 4.39 Å². The average molecular weight is 316 g/mol. The molecule has 1 aromatic heterocycles. The summed E-state index contributed by atoms with van der Waals surface area (Å²) < 4.78 is 15.4. The number of benzene rings is 1. The van der Waals surface area contributed by atoms with Crippen LogP contribution < -0.4 is 5.73 Å². The van der Waals surface area contributed by atoms with Crippen molar-refractivity contribution in [1.29, 1.82) is 0 Å². The highest BCUT2D eigenvalue weighted by Gasteiger charge is 2.16. The van der Waals surface area contributed by atoms with Crippen molar-refractivity contribution >= 4 is 23.2 Å². The Bertz CT molecular complexity index is 625. The second-order valence-corrected chi connectivity index (χ2v) is 5.62. The Hall–Kier alpha value is -1.10. The van der Waals surface area contributed by atoms with Crippen molar-refractivity contribution in [3.05, 3.63) is 51.0 Å². The molecule has 2 rings (SSSR count). The molecule has 108 valence electrons. The highest BCUT2D eigenvalue weighted by atomic mass is 35.5.